The maximum Gasteiger partial charge on any atom is 0.324 e. The molecule has 1 heterocycles. The van der Waals surface area contributed by atoms with Crippen molar-refractivity contribution in [2.24, 2.45) is 0 Å². The monoisotopic (exact) mass is 278 g/mol. The van der Waals surface area contributed by atoms with Crippen LogP contribution < -0.4 is 5.32 Å². The molecular weight excluding hydrogens is 260 g/mol. The van der Waals surface area contributed by atoms with E-state index in [1.54, 1.807) is 0 Å². The summed E-state index contributed by atoms with van der Waals surface area (Å²) in [6.45, 7) is -0.658. The highest BCUT2D eigenvalue weighted by Gasteiger charge is 2.38. The van der Waals surface area contributed by atoms with Crippen molar-refractivity contribution in [2.45, 2.75) is 25.0 Å². The molecule has 108 valence electrons. The third-order valence-corrected chi connectivity index (χ3v) is 3.28. The molecule has 1 unspecified atom stereocenters. The van der Waals surface area contributed by atoms with Crippen molar-refractivity contribution in [1.29, 1.82) is 0 Å². The van der Waals surface area contributed by atoms with Gasteiger partial charge < -0.3 is 15.5 Å². The van der Waals surface area contributed by atoms with E-state index in [1.165, 1.54) is 0 Å². The summed E-state index contributed by atoms with van der Waals surface area (Å²) in [5.41, 5.74) is 1.10. The zero-order chi connectivity index (χ0) is 14.5. The van der Waals surface area contributed by atoms with Crippen LogP contribution in [0, 0.1) is 0 Å². The standard InChI is InChI=1S/C14H18N2O4/c17-9-11(18)8-16-13(19)12(15-14(16)20)7-6-10-4-2-1-3-5-10/h1-5,11-12,17-18H,6-9H2,(H,15,20)/t11-,12?/m0/s1. The lowest BCUT2D eigenvalue weighted by molar-refractivity contribution is -0.128. The number of hydrogen-bond acceptors (Lipinski definition) is 4. The molecule has 1 aromatic carbocycles. The second-order valence-electron chi connectivity index (χ2n) is 4.81. The van der Waals surface area contributed by atoms with Gasteiger partial charge in [-0.15, -0.1) is 0 Å². The number of nitrogens with one attached hydrogen (secondary N) is 1. The Hall–Kier alpha value is -1.92. The number of urea groups is 1. The van der Waals surface area contributed by atoms with Crippen LogP contribution in [-0.2, 0) is 11.2 Å². The fourth-order valence-electron chi connectivity index (χ4n) is 2.17. The normalized spacial score (nSPS) is 20.1. The molecule has 1 fully saturated rings. The molecule has 3 amide bonds. The molecule has 1 aromatic rings. The lowest BCUT2D eigenvalue weighted by Crippen LogP contribution is -2.39. The zero-order valence-electron chi connectivity index (χ0n) is 11.0. The van der Waals surface area contributed by atoms with Gasteiger partial charge in [0, 0.05) is 0 Å². The van der Waals surface area contributed by atoms with Crippen LogP contribution in [0.25, 0.3) is 0 Å². The smallest absolute Gasteiger partial charge is 0.324 e. The number of nitrogens with zero attached hydrogens (tertiary/aromatic N) is 1. The lowest BCUT2D eigenvalue weighted by atomic mass is 10.1. The van der Waals surface area contributed by atoms with Crippen LogP contribution in [-0.4, -0.2) is 52.3 Å². The number of carbonyl (C=O) groups excluding carboxylic acids is 2. The zero-order valence-corrected chi connectivity index (χ0v) is 11.0. The van der Waals surface area contributed by atoms with Gasteiger partial charge in [0.2, 0.25) is 0 Å². The molecule has 1 aliphatic heterocycles. The minimum Gasteiger partial charge on any atom is -0.394 e. The summed E-state index contributed by atoms with van der Waals surface area (Å²) in [5, 5.41) is 20.7. The molecule has 1 aliphatic rings. The van der Waals surface area contributed by atoms with Crippen LogP contribution in [0.4, 0.5) is 4.79 Å². The first-order chi connectivity index (χ1) is 9.61. The number of imide groups is 1. The molecule has 0 aliphatic carbocycles. The van der Waals surface area contributed by atoms with E-state index in [9.17, 15) is 14.7 Å². The van der Waals surface area contributed by atoms with Gasteiger partial charge in [-0.25, -0.2) is 4.79 Å². The van der Waals surface area contributed by atoms with Crippen molar-refractivity contribution in [1.82, 2.24) is 10.2 Å². The van der Waals surface area contributed by atoms with Gasteiger partial charge in [-0.2, -0.15) is 0 Å². The SMILES string of the molecule is O=C1NC(CCc2ccccc2)C(=O)N1C[C@H](O)CO. The molecule has 1 saturated heterocycles. The Balaban J connectivity index is 1.91. The third kappa shape index (κ3) is 3.34. The fourth-order valence-corrected chi connectivity index (χ4v) is 2.17. The Kier molecular flexibility index (Phi) is 4.70. The maximum atomic E-state index is 12.0. The summed E-state index contributed by atoms with van der Waals surface area (Å²) in [6, 6.07) is 8.63. The van der Waals surface area contributed by atoms with Crippen molar-refractivity contribution in [3.63, 3.8) is 0 Å². The van der Waals surface area contributed by atoms with E-state index >= 15 is 0 Å². The van der Waals surface area contributed by atoms with Crippen LogP contribution in [0.2, 0.25) is 0 Å². The Morgan fingerprint density at radius 3 is 2.60 bits per heavy atom. The number of amides is 3. The van der Waals surface area contributed by atoms with Gasteiger partial charge in [-0.3, -0.25) is 9.69 Å². The number of rotatable bonds is 6. The summed E-state index contributed by atoms with van der Waals surface area (Å²) < 4.78 is 0. The van der Waals surface area contributed by atoms with E-state index in [4.69, 9.17) is 5.11 Å². The molecule has 0 spiro atoms. The number of benzene rings is 1. The van der Waals surface area contributed by atoms with E-state index in [-0.39, 0.29) is 12.5 Å². The number of β-amino-alcohol motifs (C(OH)–C–C–N with tert-alkyl or cyclic N) is 1. The molecule has 20 heavy (non-hydrogen) atoms. The van der Waals surface area contributed by atoms with Gasteiger partial charge in [0.05, 0.1) is 19.3 Å². The largest absolute Gasteiger partial charge is 0.394 e. The van der Waals surface area contributed by atoms with Gasteiger partial charge in [0.25, 0.3) is 5.91 Å². The maximum absolute atomic E-state index is 12.0. The van der Waals surface area contributed by atoms with Crippen LogP contribution >= 0.6 is 0 Å². The van der Waals surface area contributed by atoms with E-state index < -0.39 is 24.8 Å². The van der Waals surface area contributed by atoms with Crippen LogP contribution in [0.15, 0.2) is 30.3 Å². The highest BCUT2D eigenvalue weighted by Crippen LogP contribution is 2.13. The average molecular weight is 278 g/mol. The first-order valence-electron chi connectivity index (χ1n) is 6.56. The Morgan fingerprint density at radius 1 is 1.25 bits per heavy atom. The average Bonchev–Trinajstić information content (AvgIpc) is 2.73. The van der Waals surface area contributed by atoms with Crippen molar-refractivity contribution in [3.8, 4) is 0 Å². The molecule has 0 aromatic heterocycles. The molecule has 2 rings (SSSR count). The molecule has 6 heteroatoms. The first-order valence-corrected chi connectivity index (χ1v) is 6.56. The Labute approximate surface area is 117 Å². The first kappa shape index (κ1) is 14.5. The number of carbonyl (C=O) groups is 2. The number of aliphatic hydroxyl groups is 2. The Bertz CT molecular complexity index is 477. The molecule has 6 nitrogen and oxygen atoms in total. The summed E-state index contributed by atoms with van der Waals surface area (Å²) in [4.78, 5) is 24.7. The van der Waals surface area contributed by atoms with Crippen molar-refractivity contribution in [3.05, 3.63) is 35.9 Å². The quantitative estimate of drug-likeness (QED) is 0.634. The minimum absolute atomic E-state index is 0.178. The molecule has 0 bridgehead atoms. The van der Waals surface area contributed by atoms with E-state index in [1.807, 2.05) is 30.3 Å². The highest BCUT2D eigenvalue weighted by atomic mass is 16.3. The summed E-state index contributed by atoms with van der Waals surface area (Å²) in [6.07, 6.45) is 0.103. The predicted molar refractivity (Wildman–Crippen MR) is 71.9 cm³/mol. The second kappa shape index (κ2) is 6.49. The number of aryl methyl sites for hydroxylation is 1. The molecule has 0 saturated carbocycles. The summed E-state index contributed by atoms with van der Waals surface area (Å²) >= 11 is 0. The van der Waals surface area contributed by atoms with Gasteiger partial charge in [0.1, 0.15) is 6.04 Å². The van der Waals surface area contributed by atoms with Crippen LogP contribution in [0.3, 0.4) is 0 Å². The van der Waals surface area contributed by atoms with E-state index in [0.29, 0.717) is 12.8 Å². The fraction of sp³-hybridized carbons (Fsp3) is 0.429. The number of hydrogen-bond donors (Lipinski definition) is 3. The minimum atomic E-state index is -1.10. The molecular formula is C14H18N2O4. The van der Waals surface area contributed by atoms with E-state index in [2.05, 4.69) is 5.32 Å². The van der Waals surface area contributed by atoms with E-state index in [0.717, 1.165) is 10.5 Å². The Morgan fingerprint density at radius 2 is 1.95 bits per heavy atom. The number of aliphatic hydroxyl groups excluding tert-OH is 2. The van der Waals surface area contributed by atoms with Gasteiger partial charge in [0.15, 0.2) is 0 Å². The van der Waals surface area contributed by atoms with Gasteiger partial charge in [-0.1, -0.05) is 30.3 Å². The lowest BCUT2D eigenvalue weighted by Gasteiger charge is -2.15. The second-order valence-corrected chi connectivity index (χ2v) is 4.81. The van der Waals surface area contributed by atoms with Gasteiger partial charge >= 0.3 is 6.03 Å². The van der Waals surface area contributed by atoms with Crippen LogP contribution in [0.5, 0.6) is 0 Å². The van der Waals surface area contributed by atoms with Crippen molar-refractivity contribution < 1.29 is 19.8 Å². The van der Waals surface area contributed by atoms with Crippen molar-refractivity contribution >= 4 is 11.9 Å². The van der Waals surface area contributed by atoms with Gasteiger partial charge in [-0.05, 0) is 18.4 Å². The predicted octanol–water partition coefficient (Wildman–Crippen LogP) is -0.107. The molecule has 2 atom stereocenters. The summed E-state index contributed by atoms with van der Waals surface area (Å²) in [7, 11) is 0. The highest BCUT2D eigenvalue weighted by molar-refractivity contribution is 6.04. The summed E-state index contributed by atoms with van der Waals surface area (Å²) in [5.74, 6) is -0.349. The van der Waals surface area contributed by atoms with Crippen LogP contribution in [0.1, 0.15) is 12.0 Å². The molecule has 3 N–H and O–H groups in total. The molecule has 0 radical (unpaired) electrons. The van der Waals surface area contributed by atoms with Crippen molar-refractivity contribution in [2.75, 3.05) is 13.2 Å². The topological polar surface area (TPSA) is 89.9 Å². The third-order valence-electron chi connectivity index (χ3n) is 3.28.